The first-order valence-electron chi connectivity index (χ1n) is 6.99. The molecule has 0 spiro atoms. The average Bonchev–Trinajstić information content (AvgIpc) is 3.02. The number of rotatable bonds is 3. The van der Waals surface area contributed by atoms with Crippen LogP contribution in [0.3, 0.4) is 0 Å². The molecule has 1 aliphatic heterocycles. The van der Waals surface area contributed by atoms with Gasteiger partial charge in [-0.15, -0.1) is 0 Å². The predicted octanol–water partition coefficient (Wildman–Crippen LogP) is 1.75. The van der Waals surface area contributed by atoms with Crippen LogP contribution < -0.4 is 0 Å². The number of carbonyl (C=O) groups excluding carboxylic acids is 1. The van der Waals surface area contributed by atoms with Crippen LogP contribution >= 0.6 is 0 Å². The van der Waals surface area contributed by atoms with Crippen molar-refractivity contribution in [3.8, 4) is 0 Å². The molecular weight excluding hydrogens is 226 g/mol. The summed E-state index contributed by atoms with van der Waals surface area (Å²) in [6.45, 7) is 2.01. The highest BCUT2D eigenvalue weighted by molar-refractivity contribution is 5.83. The minimum absolute atomic E-state index is 0.302. The minimum Gasteiger partial charge on any atom is -0.299 e. The van der Waals surface area contributed by atoms with E-state index in [0.717, 1.165) is 38.0 Å². The Balaban J connectivity index is 1.69. The highest BCUT2D eigenvalue weighted by Crippen LogP contribution is 2.33. The van der Waals surface area contributed by atoms with Crippen molar-refractivity contribution in [3.63, 3.8) is 0 Å². The van der Waals surface area contributed by atoms with Crippen LogP contribution in [-0.2, 0) is 18.4 Å². The van der Waals surface area contributed by atoms with Crippen molar-refractivity contribution < 1.29 is 4.79 Å². The van der Waals surface area contributed by atoms with Crippen LogP contribution in [0.5, 0.6) is 0 Å². The van der Waals surface area contributed by atoms with Gasteiger partial charge in [-0.1, -0.05) is 0 Å². The highest BCUT2D eigenvalue weighted by atomic mass is 16.1. The van der Waals surface area contributed by atoms with E-state index in [9.17, 15) is 4.79 Å². The summed E-state index contributed by atoms with van der Waals surface area (Å²) in [5.74, 6) is 0.795. The van der Waals surface area contributed by atoms with E-state index in [4.69, 9.17) is 0 Å². The number of carbonyl (C=O) groups is 1. The van der Waals surface area contributed by atoms with Gasteiger partial charge in [-0.2, -0.15) is 5.10 Å². The van der Waals surface area contributed by atoms with E-state index in [1.165, 1.54) is 12.8 Å². The second-order valence-corrected chi connectivity index (χ2v) is 5.63. The summed E-state index contributed by atoms with van der Waals surface area (Å²) in [6, 6.07) is 2.55. The van der Waals surface area contributed by atoms with Crippen LogP contribution in [0.25, 0.3) is 0 Å². The molecule has 1 saturated heterocycles. The first-order chi connectivity index (χ1) is 8.74. The molecule has 0 bridgehead atoms. The largest absolute Gasteiger partial charge is 0.299 e. The molecule has 0 aromatic carbocycles. The van der Waals surface area contributed by atoms with Gasteiger partial charge in [0.25, 0.3) is 0 Å². The van der Waals surface area contributed by atoms with Crippen LogP contribution in [0.2, 0.25) is 0 Å². The molecule has 1 aromatic heterocycles. The molecule has 0 radical (unpaired) electrons. The van der Waals surface area contributed by atoms with E-state index < -0.39 is 0 Å². The van der Waals surface area contributed by atoms with Crippen LogP contribution in [0.1, 0.15) is 37.8 Å². The quantitative estimate of drug-likeness (QED) is 0.817. The molecule has 18 heavy (non-hydrogen) atoms. The molecule has 2 atom stereocenters. The Kier molecular flexibility index (Phi) is 3.20. The summed E-state index contributed by atoms with van der Waals surface area (Å²) >= 11 is 0. The van der Waals surface area contributed by atoms with Gasteiger partial charge in [-0.25, -0.2) is 0 Å². The summed E-state index contributed by atoms with van der Waals surface area (Å²) in [6.07, 6.45) is 7.39. The minimum atomic E-state index is 0.302. The monoisotopic (exact) mass is 247 g/mol. The fraction of sp³-hybridized carbons (Fsp3) is 0.714. The smallest absolute Gasteiger partial charge is 0.137 e. The van der Waals surface area contributed by atoms with Gasteiger partial charge < -0.3 is 0 Å². The third-order valence-corrected chi connectivity index (χ3v) is 4.36. The van der Waals surface area contributed by atoms with Crippen LogP contribution in [0.15, 0.2) is 12.3 Å². The van der Waals surface area contributed by atoms with Crippen molar-refractivity contribution in [3.05, 3.63) is 18.0 Å². The molecule has 2 unspecified atom stereocenters. The lowest BCUT2D eigenvalue weighted by Gasteiger charge is -2.27. The van der Waals surface area contributed by atoms with Crippen molar-refractivity contribution >= 4 is 5.78 Å². The predicted molar refractivity (Wildman–Crippen MR) is 69.0 cm³/mol. The second kappa shape index (κ2) is 4.84. The van der Waals surface area contributed by atoms with Crippen LogP contribution in [0.4, 0.5) is 0 Å². The normalized spacial score (nSPS) is 29.3. The third-order valence-electron chi connectivity index (χ3n) is 4.36. The van der Waals surface area contributed by atoms with Gasteiger partial charge in [0.15, 0.2) is 0 Å². The Morgan fingerprint density at radius 3 is 2.94 bits per heavy atom. The maximum atomic E-state index is 11.9. The standard InChI is InChI=1S/C14H21N3O/c1-16-9-7-11(15-16)10-17-8-3-5-13(17)12-4-2-6-14(12)18/h7,9,12-13H,2-6,8,10H2,1H3. The average molecular weight is 247 g/mol. The Morgan fingerprint density at radius 2 is 2.28 bits per heavy atom. The fourth-order valence-electron chi connectivity index (χ4n) is 3.51. The number of hydrogen-bond donors (Lipinski definition) is 0. The van der Waals surface area contributed by atoms with Crippen molar-refractivity contribution in [2.24, 2.45) is 13.0 Å². The van der Waals surface area contributed by atoms with Gasteiger partial charge in [-0.3, -0.25) is 14.4 Å². The molecular formula is C14H21N3O. The zero-order valence-electron chi connectivity index (χ0n) is 11.0. The molecule has 4 heteroatoms. The number of nitrogens with zero attached hydrogens (tertiary/aromatic N) is 3. The van der Waals surface area contributed by atoms with Crippen molar-refractivity contribution in [2.45, 2.75) is 44.7 Å². The van der Waals surface area contributed by atoms with E-state index in [2.05, 4.69) is 16.1 Å². The highest BCUT2D eigenvalue weighted by Gasteiger charge is 2.37. The van der Waals surface area contributed by atoms with Gasteiger partial charge in [0.05, 0.1) is 5.69 Å². The summed E-state index contributed by atoms with van der Waals surface area (Å²) in [4.78, 5) is 14.4. The second-order valence-electron chi connectivity index (χ2n) is 5.63. The van der Waals surface area contributed by atoms with Gasteiger partial charge in [-0.05, 0) is 38.3 Å². The first-order valence-corrected chi connectivity index (χ1v) is 6.99. The van der Waals surface area contributed by atoms with E-state index in [0.29, 0.717) is 17.7 Å². The molecule has 1 aromatic rings. The molecule has 2 heterocycles. The van der Waals surface area contributed by atoms with Crippen LogP contribution in [0, 0.1) is 5.92 Å². The molecule has 3 rings (SSSR count). The molecule has 4 nitrogen and oxygen atoms in total. The zero-order chi connectivity index (χ0) is 12.5. The molecule has 2 fully saturated rings. The number of Topliss-reactive ketones (excluding diaryl/α,β-unsaturated/α-hetero) is 1. The molecule has 0 N–H and O–H groups in total. The molecule has 98 valence electrons. The van der Waals surface area contributed by atoms with E-state index in [1.54, 1.807) is 0 Å². The van der Waals surface area contributed by atoms with Gasteiger partial charge in [0.2, 0.25) is 0 Å². The van der Waals surface area contributed by atoms with Crippen LogP contribution in [-0.4, -0.2) is 33.1 Å². The number of likely N-dealkylation sites (tertiary alicyclic amines) is 1. The lowest BCUT2D eigenvalue weighted by molar-refractivity contribution is -0.122. The van der Waals surface area contributed by atoms with E-state index >= 15 is 0 Å². The van der Waals surface area contributed by atoms with Gasteiger partial charge in [0.1, 0.15) is 5.78 Å². The zero-order valence-corrected chi connectivity index (χ0v) is 11.0. The summed E-state index contributed by atoms with van der Waals surface area (Å²) < 4.78 is 1.85. The number of aryl methyl sites for hydroxylation is 1. The van der Waals surface area contributed by atoms with Gasteiger partial charge in [0, 0.05) is 38.2 Å². The Bertz CT molecular complexity index is 440. The Hall–Kier alpha value is -1.16. The molecule has 0 amide bonds. The maximum Gasteiger partial charge on any atom is 0.137 e. The Morgan fingerprint density at radius 1 is 1.39 bits per heavy atom. The SMILES string of the molecule is Cn1ccc(CN2CCCC2C2CCCC2=O)n1. The number of hydrogen-bond acceptors (Lipinski definition) is 3. The summed E-state index contributed by atoms with van der Waals surface area (Å²) in [5.41, 5.74) is 1.12. The number of aromatic nitrogens is 2. The summed E-state index contributed by atoms with van der Waals surface area (Å²) in [7, 11) is 1.95. The molecule has 2 aliphatic rings. The van der Waals surface area contributed by atoms with Crippen molar-refractivity contribution in [2.75, 3.05) is 6.54 Å². The first kappa shape index (κ1) is 11.9. The van der Waals surface area contributed by atoms with Crippen molar-refractivity contribution in [1.82, 2.24) is 14.7 Å². The fourth-order valence-corrected chi connectivity index (χ4v) is 3.51. The molecule has 1 aliphatic carbocycles. The molecule has 1 saturated carbocycles. The maximum absolute atomic E-state index is 11.9. The van der Waals surface area contributed by atoms with Crippen molar-refractivity contribution in [1.29, 1.82) is 0 Å². The number of ketones is 1. The van der Waals surface area contributed by atoms with E-state index in [-0.39, 0.29) is 0 Å². The topological polar surface area (TPSA) is 38.1 Å². The summed E-state index contributed by atoms with van der Waals surface area (Å²) in [5, 5.41) is 4.44. The third kappa shape index (κ3) is 2.21. The van der Waals surface area contributed by atoms with Gasteiger partial charge >= 0.3 is 0 Å². The Labute approximate surface area is 108 Å². The van der Waals surface area contributed by atoms with E-state index in [1.807, 2.05) is 17.9 Å². The lowest BCUT2D eigenvalue weighted by Crippen LogP contribution is -2.37. The lowest BCUT2D eigenvalue weighted by atomic mass is 9.95.